The Bertz CT molecular complexity index is 751. The van der Waals surface area contributed by atoms with E-state index >= 15 is 0 Å². The van der Waals surface area contributed by atoms with E-state index < -0.39 is 0 Å². The molecule has 1 heterocycles. The Morgan fingerprint density at radius 1 is 0.958 bits per heavy atom. The minimum absolute atomic E-state index is 0.0670. The van der Waals surface area contributed by atoms with Crippen LogP contribution in [0.4, 0.5) is 5.69 Å². The van der Waals surface area contributed by atoms with Crippen molar-refractivity contribution >= 4 is 11.4 Å². The first kappa shape index (κ1) is 16.7. The third kappa shape index (κ3) is 3.21. The lowest BCUT2D eigenvalue weighted by Crippen LogP contribution is -2.28. The highest BCUT2D eigenvalue weighted by molar-refractivity contribution is 6.03. The number of para-hydroxylation sites is 1. The summed E-state index contributed by atoms with van der Waals surface area (Å²) in [6.07, 6.45) is 8.10. The average molecular weight is 318 g/mol. The van der Waals surface area contributed by atoms with Gasteiger partial charge in [0.15, 0.2) is 5.71 Å². The minimum atomic E-state index is 0.0670. The summed E-state index contributed by atoms with van der Waals surface area (Å²) in [5.41, 5.74) is 5.68. The molecule has 0 amide bonds. The molecule has 0 saturated carbocycles. The van der Waals surface area contributed by atoms with Gasteiger partial charge in [0.25, 0.3) is 0 Å². The highest BCUT2D eigenvalue weighted by Crippen LogP contribution is 2.39. The number of benzene rings is 2. The summed E-state index contributed by atoms with van der Waals surface area (Å²) in [5.74, 6) is 0. The van der Waals surface area contributed by atoms with Crippen LogP contribution in [-0.2, 0) is 11.8 Å². The third-order valence-corrected chi connectivity index (χ3v) is 5.01. The number of unbranched alkanes of at least 4 members (excludes halogenated alkanes) is 1. The van der Waals surface area contributed by atoms with Gasteiger partial charge in [-0.1, -0.05) is 68.0 Å². The maximum Gasteiger partial charge on any atom is 0.209 e. The topological polar surface area (TPSA) is 3.01 Å². The molecule has 0 N–H and O–H groups in total. The summed E-state index contributed by atoms with van der Waals surface area (Å²) in [7, 11) is 0. The van der Waals surface area contributed by atoms with E-state index in [9.17, 15) is 0 Å². The molecule has 1 aliphatic heterocycles. The van der Waals surface area contributed by atoms with Gasteiger partial charge in [-0.15, -0.1) is 0 Å². The first-order valence-corrected chi connectivity index (χ1v) is 9.09. The molecule has 124 valence electrons. The predicted molar refractivity (Wildman–Crippen MR) is 103 cm³/mol. The van der Waals surface area contributed by atoms with Gasteiger partial charge < -0.3 is 0 Å². The van der Waals surface area contributed by atoms with Crippen LogP contribution in [0.3, 0.4) is 0 Å². The molecule has 0 aliphatic carbocycles. The van der Waals surface area contributed by atoms with Crippen molar-refractivity contribution in [3.63, 3.8) is 0 Å². The molecule has 0 radical (unpaired) electrons. The first-order valence-electron chi connectivity index (χ1n) is 9.09. The van der Waals surface area contributed by atoms with Crippen LogP contribution in [0, 0.1) is 0 Å². The number of rotatable bonds is 6. The van der Waals surface area contributed by atoms with Crippen molar-refractivity contribution in [2.24, 2.45) is 0 Å². The molecule has 2 aromatic carbocycles. The van der Waals surface area contributed by atoms with Crippen LogP contribution >= 0.6 is 0 Å². The summed E-state index contributed by atoms with van der Waals surface area (Å²) in [6.45, 7) is 8.06. The summed E-state index contributed by atoms with van der Waals surface area (Å²) < 4.78 is 2.53. The Morgan fingerprint density at radius 2 is 1.67 bits per heavy atom. The van der Waals surface area contributed by atoms with E-state index in [0.717, 1.165) is 13.0 Å². The van der Waals surface area contributed by atoms with Crippen LogP contribution in [-0.4, -0.2) is 16.8 Å². The van der Waals surface area contributed by atoms with E-state index in [-0.39, 0.29) is 5.41 Å². The second-order valence-electron chi connectivity index (χ2n) is 7.12. The van der Waals surface area contributed by atoms with Crippen molar-refractivity contribution in [1.82, 2.24) is 0 Å². The van der Waals surface area contributed by atoms with Gasteiger partial charge in [0, 0.05) is 24.1 Å². The van der Waals surface area contributed by atoms with E-state index in [0.29, 0.717) is 0 Å². The van der Waals surface area contributed by atoms with Crippen LogP contribution in [0.15, 0.2) is 66.7 Å². The fraction of sp³-hybridized carbons (Fsp3) is 0.348. The largest absolute Gasteiger partial charge is 0.209 e. The van der Waals surface area contributed by atoms with Crippen LogP contribution in [0.1, 0.15) is 44.7 Å². The summed E-state index contributed by atoms with van der Waals surface area (Å²) >= 11 is 0. The number of hydrogen-bond acceptors (Lipinski definition) is 0. The lowest BCUT2D eigenvalue weighted by atomic mass is 9.81. The molecular weight excluding hydrogens is 290 g/mol. The number of nitrogens with zero attached hydrogens (tertiary/aromatic N) is 1. The van der Waals surface area contributed by atoms with Crippen molar-refractivity contribution in [2.75, 3.05) is 6.54 Å². The van der Waals surface area contributed by atoms with Crippen molar-refractivity contribution in [2.45, 2.75) is 45.4 Å². The molecule has 1 heteroatoms. The van der Waals surface area contributed by atoms with Crippen LogP contribution in [0.25, 0.3) is 0 Å². The highest BCUT2D eigenvalue weighted by atomic mass is 15.1. The Hall–Kier alpha value is -2.15. The molecule has 1 aliphatic rings. The summed E-state index contributed by atoms with van der Waals surface area (Å²) in [4.78, 5) is 0. The molecule has 0 fully saturated rings. The second-order valence-corrected chi connectivity index (χ2v) is 7.12. The summed E-state index contributed by atoms with van der Waals surface area (Å²) in [5, 5.41) is 0. The molecule has 0 aromatic heterocycles. The van der Waals surface area contributed by atoms with Crippen molar-refractivity contribution in [1.29, 1.82) is 0 Å². The highest BCUT2D eigenvalue weighted by Gasteiger charge is 2.43. The van der Waals surface area contributed by atoms with Gasteiger partial charge in [-0.05, 0) is 25.8 Å². The third-order valence-electron chi connectivity index (χ3n) is 5.01. The van der Waals surface area contributed by atoms with E-state index in [4.69, 9.17) is 0 Å². The van der Waals surface area contributed by atoms with Crippen molar-refractivity contribution in [3.8, 4) is 0 Å². The maximum atomic E-state index is 2.53. The Morgan fingerprint density at radius 3 is 2.42 bits per heavy atom. The average Bonchev–Trinajstić information content (AvgIpc) is 2.82. The van der Waals surface area contributed by atoms with Crippen molar-refractivity contribution in [3.05, 3.63) is 77.9 Å². The van der Waals surface area contributed by atoms with Gasteiger partial charge in [0.1, 0.15) is 6.54 Å². The molecule has 1 nitrogen and oxygen atoms in total. The zero-order valence-electron chi connectivity index (χ0n) is 15.1. The van der Waals surface area contributed by atoms with Gasteiger partial charge in [-0.3, -0.25) is 0 Å². The van der Waals surface area contributed by atoms with E-state index in [1.165, 1.54) is 35.4 Å². The standard InChI is InChI=1S/C23H28N/c1-4-5-18-24-21-16-10-9-15-20(21)23(2,3)22(24)17-11-14-19-12-7-6-8-13-19/h6-13,15-17H,4-5,14,18H2,1-3H3/q+1/b17-11+. The van der Waals surface area contributed by atoms with Crippen LogP contribution < -0.4 is 0 Å². The van der Waals surface area contributed by atoms with Gasteiger partial charge >= 0.3 is 0 Å². The predicted octanol–water partition coefficient (Wildman–Crippen LogP) is 5.66. The van der Waals surface area contributed by atoms with Gasteiger partial charge in [-0.25, -0.2) is 0 Å². The lowest BCUT2D eigenvalue weighted by molar-refractivity contribution is -0.438. The molecular formula is C23H28N+. The van der Waals surface area contributed by atoms with E-state index in [1.807, 2.05) is 0 Å². The normalized spacial score (nSPS) is 16.0. The molecule has 24 heavy (non-hydrogen) atoms. The minimum Gasteiger partial charge on any atom is -0.195 e. The molecule has 0 saturated heterocycles. The molecule has 0 spiro atoms. The quantitative estimate of drug-likeness (QED) is 0.604. The molecule has 3 rings (SSSR count). The number of hydrogen-bond donors (Lipinski definition) is 0. The molecule has 0 unspecified atom stereocenters. The fourth-order valence-electron chi connectivity index (χ4n) is 3.62. The molecule has 0 atom stereocenters. The van der Waals surface area contributed by atoms with Gasteiger partial charge in [-0.2, -0.15) is 4.58 Å². The van der Waals surface area contributed by atoms with E-state index in [2.05, 4.69) is 92.1 Å². The van der Waals surface area contributed by atoms with Gasteiger partial charge in [0.05, 0.1) is 5.41 Å². The maximum absolute atomic E-state index is 2.53. The van der Waals surface area contributed by atoms with E-state index in [1.54, 1.807) is 0 Å². The second kappa shape index (κ2) is 7.17. The first-order chi connectivity index (χ1) is 11.6. The Balaban J connectivity index is 1.92. The Kier molecular flexibility index (Phi) is 4.99. The van der Waals surface area contributed by atoms with Crippen LogP contribution in [0.5, 0.6) is 0 Å². The number of allylic oxidation sites excluding steroid dienone is 2. The lowest BCUT2D eigenvalue weighted by Gasteiger charge is -2.15. The SMILES string of the molecule is CCCC[N+]1=C(/C=C/Cc2ccccc2)C(C)(C)c2ccccc21. The molecule has 0 bridgehead atoms. The summed E-state index contributed by atoms with van der Waals surface area (Å²) in [6, 6.07) is 19.6. The Labute approximate surface area is 146 Å². The fourth-order valence-corrected chi connectivity index (χ4v) is 3.62. The van der Waals surface area contributed by atoms with Gasteiger partial charge in [0.2, 0.25) is 5.69 Å². The van der Waals surface area contributed by atoms with Crippen molar-refractivity contribution < 1.29 is 4.58 Å². The smallest absolute Gasteiger partial charge is 0.195 e. The zero-order valence-corrected chi connectivity index (χ0v) is 15.1. The molecule has 2 aromatic rings. The van der Waals surface area contributed by atoms with Crippen LogP contribution in [0.2, 0.25) is 0 Å². The number of fused-ring (bicyclic) bond motifs is 1. The monoisotopic (exact) mass is 318 g/mol. The zero-order chi connectivity index (χ0) is 17.0.